The maximum atomic E-state index is 6.62. The third-order valence-corrected chi connectivity index (χ3v) is 6.30. The van der Waals surface area contributed by atoms with E-state index in [1.54, 1.807) is 0 Å². The molecule has 1 heterocycles. The van der Waals surface area contributed by atoms with E-state index in [1.165, 1.54) is 22.6 Å². The zero-order valence-electron chi connectivity index (χ0n) is 14.1. The molecule has 1 fully saturated rings. The molecule has 1 aromatic rings. The van der Waals surface area contributed by atoms with Gasteiger partial charge in [0.05, 0.1) is 5.60 Å². The molecule has 0 radical (unpaired) electrons. The molecule has 1 saturated carbocycles. The predicted octanol–water partition coefficient (Wildman–Crippen LogP) is 4.56. The molecule has 1 aliphatic rings. The van der Waals surface area contributed by atoms with Crippen LogP contribution in [0.15, 0.2) is 12.1 Å². The Balaban J connectivity index is 2.06. The van der Waals surface area contributed by atoms with Gasteiger partial charge >= 0.3 is 0 Å². The van der Waals surface area contributed by atoms with E-state index in [0.29, 0.717) is 5.41 Å². The molecule has 1 aliphatic carbocycles. The standard InChI is InChI=1S/C18H31NOS/c1-5-14-7-8-15(21-14)13-16(19)18(20-6-2)11-9-17(3,4)10-12-18/h7-8,16H,5-6,9-13,19H2,1-4H3. The first-order chi connectivity index (χ1) is 9.91. The van der Waals surface area contributed by atoms with E-state index in [1.807, 2.05) is 11.3 Å². The summed E-state index contributed by atoms with van der Waals surface area (Å²) in [5.41, 5.74) is 6.96. The topological polar surface area (TPSA) is 35.2 Å². The molecule has 3 heteroatoms. The highest BCUT2D eigenvalue weighted by Crippen LogP contribution is 2.44. The average molecular weight is 310 g/mol. The average Bonchev–Trinajstić information content (AvgIpc) is 2.89. The summed E-state index contributed by atoms with van der Waals surface area (Å²) in [6.07, 6.45) is 6.69. The lowest BCUT2D eigenvalue weighted by molar-refractivity contribution is -0.0986. The van der Waals surface area contributed by atoms with Crippen LogP contribution in [0, 0.1) is 5.41 Å². The Kier molecular flexibility index (Phi) is 5.50. The first-order valence-corrected chi connectivity index (χ1v) is 9.19. The third-order valence-electron chi connectivity index (χ3n) is 5.04. The van der Waals surface area contributed by atoms with Crippen LogP contribution in [0.2, 0.25) is 0 Å². The van der Waals surface area contributed by atoms with Gasteiger partial charge in [0, 0.05) is 22.4 Å². The van der Waals surface area contributed by atoms with Crippen molar-refractivity contribution in [1.82, 2.24) is 0 Å². The Labute approximate surface area is 134 Å². The van der Waals surface area contributed by atoms with Crippen molar-refractivity contribution in [2.45, 2.75) is 77.9 Å². The number of hydrogen-bond donors (Lipinski definition) is 1. The van der Waals surface area contributed by atoms with Crippen molar-refractivity contribution in [3.05, 3.63) is 21.9 Å². The Morgan fingerprint density at radius 3 is 2.29 bits per heavy atom. The van der Waals surface area contributed by atoms with Gasteiger partial charge in [-0.15, -0.1) is 11.3 Å². The summed E-state index contributed by atoms with van der Waals surface area (Å²) in [5, 5.41) is 0. The van der Waals surface area contributed by atoms with Gasteiger partial charge in [-0.2, -0.15) is 0 Å². The molecule has 2 N–H and O–H groups in total. The molecule has 0 bridgehead atoms. The van der Waals surface area contributed by atoms with Crippen LogP contribution in [-0.2, 0) is 17.6 Å². The normalized spacial score (nSPS) is 22.1. The van der Waals surface area contributed by atoms with Crippen molar-refractivity contribution < 1.29 is 4.74 Å². The molecular weight excluding hydrogens is 278 g/mol. The van der Waals surface area contributed by atoms with E-state index in [-0.39, 0.29) is 11.6 Å². The van der Waals surface area contributed by atoms with E-state index in [9.17, 15) is 0 Å². The van der Waals surface area contributed by atoms with Gasteiger partial charge in [-0.25, -0.2) is 0 Å². The van der Waals surface area contributed by atoms with Crippen molar-refractivity contribution in [2.75, 3.05) is 6.61 Å². The fourth-order valence-electron chi connectivity index (χ4n) is 3.38. The van der Waals surface area contributed by atoms with E-state index in [4.69, 9.17) is 10.5 Å². The van der Waals surface area contributed by atoms with Crippen molar-refractivity contribution in [3.63, 3.8) is 0 Å². The maximum Gasteiger partial charge on any atom is 0.0836 e. The van der Waals surface area contributed by atoms with E-state index in [2.05, 4.69) is 39.8 Å². The molecule has 120 valence electrons. The SMILES string of the molecule is CCOC1(C(N)Cc2ccc(CC)s2)CCC(C)(C)CC1. The van der Waals surface area contributed by atoms with Gasteiger partial charge in [0.2, 0.25) is 0 Å². The van der Waals surface area contributed by atoms with Gasteiger partial charge < -0.3 is 10.5 Å². The molecule has 1 aromatic heterocycles. The first kappa shape index (κ1) is 17.0. The first-order valence-electron chi connectivity index (χ1n) is 8.38. The smallest absolute Gasteiger partial charge is 0.0836 e. The second kappa shape index (κ2) is 6.80. The quantitative estimate of drug-likeness (QED) is 0.836. The van der Waals surface area contributed by atoms with Gasteiger partial charge in [-0.3, -0.25) is 0 Å². The Bertz CT molecular complexity index is 442. The largest absolute Gasteiger partial charge is 0.374 e. The van der Waals surface area contributed by atoms with Gasteiger partial charge in [0.25, 0.3) is 0 Å². The zero-order valence-corrected chi connectivity index (χ0v) is 14.9. The number of nitrogens with two attached hydrogens (primary N) is 1. The Hall–Kier alpha value is -0.380. The van der Waals surface area contributed by atoms with Crippen LogP contribution in [0.25, 0.3) is 0 Å². The minimum atomic E-state index is -0.110. The molecule has 0 aliphatic heterocycles. The third kappa shape index (κ3) is 4.08. The molecule has 2 nitrogen and oxygen atoms in total. The second-order valence-corrected chi connectivity index (χ2v) is 8.45. The van der Waals surface area contributed by atoms with Crippen molar-refractivity contribution in [3.8, 4) is 0 Å². The predicted molar refractivity (Wildman–Crippen MR) is 92.0 cm³/mol. The number of rotatable bonds is 6. The van der Waals surface area contributed by atoms with Crippen LogP contribution < -0.4 is 5.73 Å². The second-order valence-electron chi connectivity index (χ2n) is 7.19. The number of hydrogen-bond acceptors (Lipinski definition) is 3. The summed E-state index contributed by atoms with van der Waals surface area (Å²) in [7, 11) is 0. The Morgan fingerprint density at radius 1 is 1.14 bits per heavy atom. The fourth-order valence-corrected chi connectivity index (χ4v) is 4.40. The Morgan fingerprint density at radius 2 is 1.76 bits per heavy atom. The molecule has 0 spiro atoms. The summed E-state index contributed by atoms with van der Waals surface area (Å²) in [5.74, 6) is 0. The number of ether oxygens (including phenoxy) is 1. The molecule has 1 unspecified atom stereocenters. The van der Waals surface area contributed by atoms with E-state index in [0.717, 1.165) is 32.3 Å². The highest BCUT2D eigenvalue weighted by Gasteiger charge is 2.43. The highest BCUT2D eigenvalue weighted by molar-refractivity contribution is 7.11. The van der Waals surface area contributed by atoms with Crippen LogP contribution in [0.1, 0.15) is 63.1 Å². The van der Waals surface area contributed by atoms with Crippen LogP contribution in [-0.4, -0.2) is 18.2 Å². The maximum absolute atomic E-state index is 6.62. The van der Waals surface area contributed by atoms with Gasteiger partial charge in [-0.05, 0) is 63.0 Å². The molecule has 0 saturated heterocycles. The minimum absolute atomic E-state index is 0.108. The number of thiophene rings is 1. The summed E-state index contributed by atoms with van der Waals surface area (Å²) in [6.45, 7) is 9.79. The van der Waals surface area contributed by atoms with Crippen molar-refractivity contribution in [2.24, 2.45) is 11.1 Å². The zero-order chi connectivity index (χ0) is 15.5. The summed E-state index contributed by atoms with van der Waals surface area (Å²) >= 11 is 1.91. The van der Waals surface area contributed by atoms with Crippen LogP contribution in [0.4, 0.5) is 0 Å². The fraction of sp³-hybridized carbons (Fsp3) is 0.778. The lowest BCUT2D eigenvalue weighted by atomic mass is 9.68. The van der Waals surface area contributed by atoms with Crippen LogP contribution in [0.5, 0.6) is 0 Å². The van der Waals surface area contributed by atoms with Crippen LogP contribution in [0.3, 0.4) is 0 Å². The van der Waals surface area contributed by atoms with E-state index < -0.39 is 0 Å². The monoisotopic (exact) mass is 309 g/mol. The lowest BCUT2D eigenvalue weighted by Crippen LogP contribution is -2.54. The van der Waals surface area contributed by atoms with Crippen LogP contribution >= 0.6 is 11.3 Å². The molecule has 1 atom stereocenters. The molecule has 21 heavy (non-hydrogen) atoms. The van der Waals surface area contributed by atoms with Gasteiger partial charge in [0.15, 0.2) is 0 Å². The van der Waals surface area contributed by atoms with Gasteiger partial charge in [0.1, 0.15) is 0 Å². The highest BCUT2D eigenvalue weighted by atomic mass is 32.1. The minimum Gasteiger partial charge on any atom is -0.374 e. The van der Waals surface area contributed by atoms with Crippen molar-refractivity contribution >= 4 is 11.3 Å². The summed E-state index contributed by atoms with van der Waals surface area (Å²) < 4.78 is 6.21. The summed E-state index contributed by atoms with van der Waals surface area (Å²) in [6, 6.07) is 4.59. The lowest BCUT2D eigenvalue weighted by Gasteiger charge is -2.46. The number of aryl methyl sites for hydroxylation is 1. The molecular formula is C18H31NOS. The summed E-state index contributed by atoms with van der Waals surface area (Å²) in [4.78, 5) is 2.86. The molecule has 0 amide bonds. The van der Waals surface area contributed by atoms with E-state index >= 15 is 0 Å². The molecule has 0 aromatic carbocycles. The van der Waals surface area contributed by atoms with Gasteiger partial charge in [-0.1, -0.05) is 20.8 Å². The van der Waals surface area contributed by atoms with Crippen molar-refractivity contribution in [1.29, 1.82) is 0 Å². The molecule has 2 rings (SSSR count).